The Morgan fingerprint density at radius 1 is 1.50 bits per heavy atom. The minimum absolute atomic E-state index is 0.0283. The molecule has 1 aliphatic carbocycles. The van der Waals surface area contributed by atoms with Gasteiger partial charge in [-0.05, 0) is 24.5 Å². The van der Waals surface area contributed by atoms with E-state index < -0.39 is 6.43 Å². The van der Waals surface area contributed by atoms with Crippen LogP contribution in [0.3, 0.4) is 0 Å². The molecule has 1 fully saturated rings. The van der Waals surface area contributed by atoms with E-state index in [1.54, 1.807) is 6.07 Å². The van der Waals surface area contributed by atoms with Gasteiger partial charge < -0.3 is 5.32 Å². The van der Waals surface area contributed by atoms with Crippen LogP contribution in [0.1, 0.15) is 25.3 Å². The van der Waals surface area contributed by atoms with Crippen molar-refractivity contribution in [3.8, 4) is 0 Å². The van der Waals surface area contributed by atoms with Crippen molar-refractivity contribution < 1.29 is 8.78 Å². The van der Waals surface area contributed by atoms with Crippen LogP contribution in [-0.2, 0) is 0 Å². The molecule has 14 heavy (non-hydrogen) atoms. The highest BCUT2D eigenvalue weighted by Crippen LogP contribution is 2.32. The van der Waals surface area contributed by atoms with E-state index in [2.05, 4.69) is 17.2 Å². The van der Waals surface area contributed by atoms with Crippen LogP contribution in [0.2, 0.25) is 0 Å². The predicted octanol–water partition coefficient (Wildman–Crippen LogP) is 2.84. The van der Waals surface area contributed by atoms with Crippen molar-refractivity contribution in [2.75, 3.05) is 5.32 Å². The average Bonchev–Trinajstić information content (AvgIpc) is 2.82. The Morgan fingerprint density at radius 3 is 2.64 bits per heavy atom. The summed E-state index contributed by atoms with van der Waals surface area (Å²) in [5, 5.41) is 3.18. The Bertz CT molecular complexity index is 310. The summed E-state index contributed by atoms with van der Waals surface area (Å²) in [6.45, 7) is 2.14. The first-order valence-corrected chi connectivity index (χ1v) is 4.67. The highest BCUT2D eigenvalue weighted by atomic mass is 19.3. The van der Waals surface area contributed by atoms with Crippen LogP contribution in [0.5, 0.6) is 0 Å². The van der Waals surface area contributed by atoms with E-state index in [-0.39, 0.29) is 5.56 Å². The number of halogens is 2. The number of rotatable bonds is 3. The molecule has 0 amide bonds. The first-order chi connectivity index (χ1) is 6.66. The molecule has 0 bridgehead atoms. The summed E-state index contributed by atoms with van der Waals surface area (Å²) in [7, 11) is 0. The van der Waals surface area contributed by atoms with Gasteiger partial charge in [-0.2, -0.15) is 0 Å². The first-order valence-electron chi connectivity index (χ1n) is 4.67. The second-order valence-electron chi connectivity index (χ2n) is 3.74. The van der Waals surface area contributed by atoms with Crippen LogP contribution in [0.15, 0.2) is 18.3 Å². The van der Waals surface area contributed by atoms with Crippen molar-refractivity contribution in [3.63, 3.8) is 0 Å². The molecule has 1 aromatic heterocycles. The third-order valence-corrected chi connectivity index (χ3v) is 2.48. The highest BCUT2D eigenvalue weighted by Gasteiger charge is 2.32. The predicted molar refractivity (Wildman–Crippen MR) is 50.4 cm³/mol. The van der Waals surface area contributed by atoms with Crippen molar-refractivity contribution in [1.29, 1.82) is 0 Å². The molecule has 1 saturated carbocycles. The van der Waals surface area contributed by atoms with Gasteiger partial charge in [0.05, 0.1) is 0 Å². The van der Waals surface area contributed by atoms with Crippen LogP contribution >= 0.6 is 0 Å². The number of aromatic nitrogens is 1. The number of nitrogens with zero attached hydrogens (tertiary/aromatic N) is 1. The van der Waals surface area contributed by atoms with Gasteiger partial charge in [0.15, 0.2) is 0 Å². The lowest BCUT2D eigenvalue weighted by Gasteiger charge is -2.04. The molecular weight excluding hydrogens is 186 g/mol. The van der Waals surface area contributed by atoms with Crippen molar-refractivity contribution in [1.82, 2.24) is 4.98 Å². The maximum Gasteiger partial charge on any atom is 0.265 e. The number of hydrogen-bond donors (Lipinski definition) is 1. The Balaban J connectivity index is 1.99. The van der Waals surface area contributed by atoms with Crippen LogP contribution < -0.4 is 5.32 Å². The molecule has 0 aliphatic heterocycles. The zero-order chi connectivity index (χ0) is 10.1. The van der Waals surface area contributed by atoms with E-state index in [1.807, 2.05) is 0 Å². The number of pyridine rings is 1. The molecule has 1 aromatic rings. The summed E-state index contributed by atoms with van der Waals surface area (Å²) in [6.07, 6.45) is -0.0744. The first kappa shape index (κ1) is 9.37. The molecule has 1 heterocycles. The largest absolute Gasteiger partial charge is 0.367 e. The van der Waals surface area contributed by atoms with Crippen molar-refractivity contribution in [2.45, 2.75) is 25.8 Å². The average molecular weight is 198 g/mol. The monoisotopic (exact) mass is 198 g/mol. The quantitative estimate of drug-likeness (QED) is 0.807. The summed E-state index contributed by atoms with van der Waals surface area (Å²) in [4.78, 5) is 3.92. The zero-order valence-corrected chi connectivity index (χ0v) is 7.87. The Morgan fingerprint density at radius 2 is 2.21 bits per heavy atom. The number of alkyl halides is 2. The van der Waals surface area contributed by atoms with Crippen molar-refractivity contribution >= 4 is 5.82 Å². The fourth-order valence-electron chi connectivity index (χ4n) is 1.33. The lowest BCUT2D eigenvalue weighted by molar-refractivity contribution is 0.151. The van der Waals surface area contributed by atoms with Crippen LogP contribution in [-0.4, -0.2) is 11.0 Å². The molecular formula is C10H12F2N2. The number of hydrogen-bond acceptors (Lipinski definition) is 2. The van der Waals surface area contributed by atoms with Gasteiger partial charge in [0, 0.05) is 17.8 Å². The van der Waals surface area contributed by atoms with E-state index in [9.17, 15) is 8.78 Å². The Kier molecular flexibility index (Phi) is 2.35. The van der Waals surface area contributed by atoms with E-state index in [1.165, 1.54) is 12.3 Å². The second-order valence-corrected chi connectivity index (χ2v) is 3.74. The molecule has 2 nitrogen and oxygen atoms in total. The van der Waals surface area contributed by atoms with Gasteiger partial charge in [-0.25, -0.2) is 13.8 Å². The third kappa shape index (κ3) is 2.00. The minimum atomic E-state index is -2.43. The van der Waals surface area contributed by atoms with E-state index >= 15 is 0 Å². The fraction of sp³-hybridized carbons (Fsp3) is 0.500. The maximum absolute atomic E-state index is 12.2. The molecule has 1 aliphatic rings. The van der Waals surface area contributed by atoms with E-state index in [0.717, 1.165) is 6.42 Å². The van der Waals surface area contributed by atoms with Gasteiger partial charge in [-0.15, -0.1) is 0 Å². The maximum atomic E-state index is 12.2. The summed E-state index contributed by atoms with van der Waals surface area (Å²) in [5.74, 6) is 1.36. The lowest BCUT2D eigenvalue weighted by atomic mass is 10.3. The summed E-state index contributed by atoms with van der Waals surface area (Å²) >= 11 is 0. The number of anilines is 1. The fourth-order valence-corrected chi connectivity index (χ4v) is 1.33. The smallest absolute Gasteiger partial charge is 0.265 e. The summed E-state index contributed by atoms with van der Waals surface area (Å²) in [5.41, 5.74) is -0.0283. The Hall–Kier alpha value is -1.19. The zero-order valence-electron chi connectivity index (χ0n) is 7.87. The van der Waals surface area contributed by atoms with E-state index in [0.29, 0.717) is 17.8 Å². The molecule has 0 saturated heterocycles. The molecule has 76 valence electrons. The molecule has 1 N–H and O–H groups in total. The van der Waals surface area contributed by atoms with Crippen molar-refractivity contribution in [2.24, 2.45) is 5.92 Å². The molecule has 0 spiro atoms. The molecule has 2 rings (SSSR count). The van der Waals surface area contributed by atoms with Gasteiger partial charge in [-0.3, -0.25) is 0 Å². The summed E-state index contributed by atoms with van der Waals surface area (Å²) < 4.78 is 24.4. The highest BCUT2D eigenvalue weighted by molar-refractivity contribution is 5.38. The van der Waals surface area contributed by atoms with Crippen LogP contribution in [0.4, 0.5) is 14.6 Å². The van der Waals surface area contributed by atoms with Crippen LogP contribution in [0.25, 0.3) is 0 Å². The van der Waals surface area contributed by atoms with Gasteiger partial charge >= 0.3 is 0 Å². The van der Waals surface area contributed by atoms with Gasteiger partial charge in [0.1, 0.15) is 5.82 Å². The Labute approximate surface area is 81.4 Å². The van der Waals surface area contributed by atoms with Crippen molar-refractivity contribution in [3.05, 3.63) is 23.9 Å². The topological polar surface area (TPSA) is 24.9 Å². The molecule has 0 radical (unpaired) electrons. The molecule has 0 aromatic carbocycles. The van der Waals surface area contributed by atoms with Crippen LogP contribution in [0, 0.1) is 5.92 Å². The molecule has 2 unspecified atom stereocenters. The van der Waals surface area contributed by atoms with Gasteiger partial charge in [0.2, 0.25) is 0 Å². The number of nitrogens with one attached hydrogen (secondary N) is 1. The third-order valence-electron chi connectivity index (χ3n) is 2.48. The van der Waals surface area contributed by atoms with Gasteiger partial charge in [0.25, 0.3) is 6.43 Å². The SMILES string of the molecule is CC1CC1Nc1ccc(C(F)F)cn1. The van der Waals surface area contributed by atoms with E-state index in [4.69, 9.17) is 0 Å². The second kappa shape index (κ2) is 3.52. The molecule has 4 heteroatoms. The normalized spacial score (nSPS) is 25.1. The molecule has 2 atom stereocenters. The summed E-state index contributed by atoms with van der Waals surface area (Å²) in [6, 6.07) is 3.49. The minimum Gasteiger partial charge on any atom is -0.367 e. The van der Waals surface area contributed by atoms with Gasteiger partial charge in [-0.1, -0.05) is 6.92 Å². The lowest BCUT2D eigenvalue weighted by Crippen LogP contribution is -2.05. The standard InChI is InChI=1S/C10H12F2N2/c1-6-4-8(6)14-9-3-2-7(5-13-9)10(11)12/h2-3,5-6,8,10H,4H2,1H3,(H,13,14).